The van der Waals surface area contributed by atoms with E-state index in [1.54, 1.807) is 0 Å². The summed E-state index contributed by atoms with van der Waals surface area (Å²) in [5.41, 5.74) is 0. The van der Waals surface area contributed by atoms with E-state index in [-0.39, 0.29) is 0 Å². The molecule has 0 aromatic heterocycles. The molecule has 0 unspecified atom stereocenters. The minimum absolute atomic E-state index is 0.715. The Balaban J connectivity index is 3.52. The molecule has 0 bridgehead atoms. The zero-order valence-electron chi connectivity index (χ0n) is 11.3. The highest BCUT2D eigenvalue weighted by molar-refractivity contribution is 4.84. The van der Waals surface area contributed by atoms with Gasteiger partial charge in [-0.05, 0) is 24.7 Å². The van der Waals surface area contributed by atoms with Crippen molar-refractivity contribution in [3.63, 3.8) is 0 Å². The molecule has 0 rings (SSSR count). The van der Waals surface area contributed by atoms with Gasteiger partial charge in [-0.15, -0.1) is 0 Å². The second kappa shape index (κ2) is 10.3. The van der Waals surface area contributed by atoms with Crippen LogP contribution >= 0.6 is 0 Å². The molecule has 0 aliphatic rings. The van der Waals surface area contributed by atoms with Gasteiger partial charge in [0.2, 0.25) is 0 Å². The van der Waals surface area contributed by atoms with Crippen LogP contribution in [-0.4, -0.2) is 0 Å². The standard InChI is InChI=1S/C15H30/c1-5-10-15(11-6-2)13-9-7-8-12-14(3)4/h8,12,14-15H,5-7,9-11,13H2,1-4H3. The summed E-state index contributed by atoms with van der Waals surface area (Å²) >= 11 is 0. The summed E-state index contributed by atoms with van der Waals surface area (Å²) in [4.78, 5) is 0. The SMILES string of the molecule is CCCC(CCC)CCCC=CC(C)C. The molecule has 0 saturated carbocycles. The first-order valence-corrected chi connectivity index (χ1v) is 6.87. The van der Waals surface area contributed by atoms with Crippen molar-refractivity contribution >= 4 is 0 Å². The molecule has 0 aromatic rings. The Kier molecular flexibility index (Phi) is 10.1. The summed E-state index contributed by atoms with van der Waals surface area (Å²) in [5, 5.41) is 0. The molecule has 0 aliphatic carbocycles. The summed E-state index contributed by atoms with van der Waals surface area (Å²) in [6.45, 7) is 9.10. The lowest BCUT2D eigenvalue weighted by Gasteiger charge is -2.14. The third-order valence-electron chi connectivity index (χ3n) is 2.90. The summed E-state index contributed by atoms with van der Waals surface area (Å²) < 4.78 is 0. The fourth-order valence-electron chi connectivity index (χ4n) is 2.14. The monoisotopic (exact) mass is 210 g/mol. The van der Waals surface area contributed by atoms with E-state index >= 15 is 0 Å². The van der Waals surface area contributed by atoms with Crippen molar-refractivity contribution in [1.29, 1.82) is 0 Å². The van der Waals surface area contributed by atoms with E-state index in [0.717, 1.165) is 5.92 Å². The number of hydrogen-bond acceptors (Lipinski definition) is 0. The van der Waals surface area contributed by atoms with Gasteiger partial charge in [0.15, 0.2) is 0 Å². The molecule has 0 spiro atoms. The molecular weight excluding hydrogens is 180 g/mol. The van der Waals surface area contributed by atoms with Gasteiger partial charge in [-0.1, -0.05) is 72.0 Å². The lowest BCUT2D eigenvalue weighted by molar-refractivity contribution is 0.401. The molecule has 0 atom stereocenters. The number of rotatable bonds is 9. The summed E-state index contributed by atoms with van der Waals surface area (Å²) in [5.74, 6) is 1.71. The van der Waals surface area contributed by atoms with E-state index in [1.165, 1.54) is 44.9 Å². The van der Waals surface area contributed by atoms with Crippen LogP contribution in [0.15, 0.2) is 12.2 Å². The molecule has 0 nitrogen and oxygen atoms in total. The molecule has 0 heterocycles. The highest BCUT2D eigenvalue weighted by Crippen LogP contribution is 2.20. The molecule has 15 heavy (non-hydrogen) atoms. The van der Waals surface area contributed by atoms with E-state index in [0.29, 0.717) is 5.92 Å². The van der Waals surface area contributed by atoms with E-state index < -0.39 is 0 Å². The summed E-state index contributed by atoms with van der Waals surface area (Å²) in [6.07, 6.45) is 14.4. The maximum atomic E-state index is 2.36. The molecule has 0 aliphatic heterocycles. The molecule has 0 aromatic carbocycles. The fraction of sp³-hybridized carbons (Fsp3) is 0.867. The second-order valence-electron chi connectivity index (χ2n) is 5.05. The van der Waals surface area contributed by atoms with Crippen LogP contribution in [0.2, 0.25) is 0 Å². The third-order valence-corrected chi connectivity index (χ3v) is 2.90. The Hall–Kier alpha value is -0.260. The molecule has 0 N–H and O–H groups in total. The molecule has 0 amide bonds. The van der Waals surface area contributed by atoms with Crippen molar-refractivity contribution in [2.75, 3.05) is 0 Å². The Labute approximate surface area is 97.2 Å². The maximum absolute atomic E-state index is 2.36. The molecule has 0 radical (unpaired) electrons. The topological polar surface area (TPSA) is 0 Å². The number of hydrogen-bond donors (Lipinski definition) is 0. The van der Waals surface area contributed by atoms with Crippen LogP contribution in [0.4, 0.5) is 0 Å². The third kappa shape index (κ3) is 10.0. The average molecular weight is 210 g/mol. The predicted molar refractivity (Wildman–Crippen MR) is 71.1 cm³/mol. The van der Waals surface area contributed by atoms with Crippen molar-refractivity contribution in [1.82, 2.24) is 0 Å². The largest absolute Gasteiger partial charge is 0.0883 e. The van der Waals surface area contributed by atoms with Gasteiger partial charge in [0.05, 0.1) is 0 Å². The molecule has 0 fully saturated rings. The first-order valence-electron chi connectivity index (χ1n) is 6.87. The van der Waals surface area contributed by atoms with Gasteiger partial charge in [-0.25, -0.2) is 0 Å². The van der Waals surface area contributed by atoms with Crippen LogP contribution in [0.25, 0.3) is 0 Å². The van der Waals surface area contributed by atoms with Gasteiger partial charge in [0.1, 0.15) is 0 Å². The molecule has 0 saturated heterocycles. The lowest BCUT2D eigenvalue weighted by atomic mass is 9.92. The van der Waals surface area contributed by atoms with Crippen molar-refractivity contribution < 1.29 is 0 Å². The zero-order chi connectivity index (χ0) is 11.5. The smallest absolute Gasteiger partial charge is 0.0290 e. The van der Waals surface area contributed by atoms with Gasteiger partial charge in [0.25, 0.3) is 0 Å². The van der Waals surface area contributed by atoms with E-state index in [9.17, 15) is 0 Å². The van der Waals surface area contributed by atoms with E-state index in [2.05, 4.69) is 39.8 Å². The van der Waals surface area contributed by atoms with Crippen LogP contribution < -0.4 is 0 Å². The Morgan fingerprint density at radius 3 is 2.00 bits per heavy atom. The van der Waals surface area contributed by atoms with Gasteiger partial charge >= 0.3 is 0 Å². The highest BCUT2D eigenvalue weighted by Gasteiger charge is 2.05. The van der Waals surface area contributed by atoms with E-state index in [1.807, 2.05) is 0 Å². The van der Waals surface area contributed by atoms with Crippen LogP contribution in [0.5, 0.6) is 0 Å². The van der Waals surface area contributed by atoms with Gasteiger partial charge < -0.3 is 0 Å². The number of allylic oxidation sites excluding steroid dienone is 2. The molecule has 0 heteroatoms. The van der Waals surface area contributed by atoms with Crippen LogP contribution in [0.1, 0.15) is 72.6 Å². The van der Waals surface area contributed by atoms with E-state index in [4.69, 9.17) is 0 Å². The van der Waals surface area contributed by atoms with Crippen molar-refractivity contribution in [2.45, 2.75) is 72.6 Å². The maximum Gasteiger partial charge on any atom is -0.0290 e. The molecular formula is C15H30. The summed E-state index contributed by atoms with van der Waals surface area (Å²) in [6, 6.07) is 0. The second-order valence-corrected chi connectivity index (χ2v) is 5.05. The van der Waals surface area contributed by atoms with Gasteiger partial charge in [-0.2, -0.15) is 0 Å². The predicted octanol–water partition coefficient (Wildman–Crippen LogP) is 5.59. The Morgan fingerprint density at radius 2 is 1.53 bits per heavy atom. The van der Waals surface area contributed by atoms with Crippen molar-refractivity contribution in [3.05, 3.63) is 12.2 Å². The van der Waals surface area contributed by atoms with Crippen LogP contribution in [0.3, 0.4) is 0 Å². The first kappa shape index (κ1) is 14.7. The Morgan fingerprint density at radius 1 is 0.933 bits per heavy atom. The summed E-state index contributed by atoms with van der Waals surface area (Å²) in [7, 11) is 0. The normalized spacial score (nSPS) is 12.1. The first-order chi connectivity index (χ1) is 7.20. The number of unbranched alkanes of at least 4 members (excludes halogenated alkanes) is 1. The van der Waals surface area contributed by atoms with Crippen LogP contribution in [-0.2, 0) is 0 Å². The van der Waals surface area contributed by atoms with Crippen LogP contribution in [0, 0.1) is 11.8 Å². The minimum atomic E-state index is 0.715. The Bertz CT molecular complexity index is 138. The van der Waals surface area contributed by atoms with Gasteiger partial charge in [0, 0.05) is 0 Å². The quantitative estimate of drug-likeness (QED) is 0.344. The van der Waals surface area contributed by atoms with Gasteiger partial charge in [-0.3, -0.25) is 0 Å². The van der Waals surface area contributed by atoms with Crippen molar-refractivity contribution in [3.8, 4) is 0 Å². The average Bonchev–Trinajstić information content (AvgIpc) is 2.17. The highest BCUT2D eigenvalue weighted by atomic mass is 14.1. The fourth-order valence-corrected chi connectivity index (χ4v) is 2.14. The molecule has 90 valence electrons. The lowest BCUT2D eigenvalue weighted by Crippen LogP contribution is -1.99. The zero-order valence-corrected chi connectivity index (χ0v) is 11.3. The van der Waals surface area contributed by atoms with Crippen molar-refractivity contribution in [2.24, 2.45) is 11.8 Å². The minimum Gasteiger partial charge on any atom is -0.0883 e.